The maximum Gasteiger partial charge on any atom is 0.338 e. The molecule has 10 nitrogen and oxygen atoms in total. The van der Waals surface area contributed by atoms with Crippen LogP contribution in [0, 0.1) is 0 Å². The van der Waals surface area contributed by atoms with Gasteiger partial charge in [0, 0.05) is 39.5 Å². The summed E-state index contributed by atoms with van der Waals surface area (Å²) < 4.78 is 2.79. The molecule has 0 aliphatic carbocycles. The van der Waals surface area contributed by atoms with E-state index in [-0.39, 0.29) is 30.1 Å². The molecule has 0 unspecified atom stereocenters. The molecule has 0 aliphatic heterocycles. The van der Waals surface area contributed by atoms with E-state index < -0.39 is 11.9 Å². The lowest BCUT2D eigenvalue weighted by molar-refractivity contribution is -0.116. The van der Waals surface area contributed by atoms with Crippen molar-refractivity contribution in [1.82, 2.24) is 24.9 Å². The molecule has 2 aromatic heterocycles. The van der Waals surface area contributed by atoms with Gasteiger partial charge in [0.15, 0.2) is 5.69 Å². The highest BCUT2D eigenvalue weighted by Crippen LogP contribution is 2.13. The van der Waals surface area contributed by atoms with Crippen molar-refractivity contribution >= 4 is 23.5 Å². The Morgan fingerprint density at radius 1 is 1.30 bits per heavy atom. The van der Waals surface area contributed by atoms with Crippen LogP contribution in [0.1, 0.15) is 27.3 Å². The summed E-state index contributed by atoms with van der Waals surface area (Å²) in [6.07, 6.45) is 4.16. The van der Waals surface area contributed by atoms with Crippen LogP contribution in [0.3, 0.4) is 0 Å². The van der Waals surface area contributed by atoms with Crippen LogP contribution in [0.2, 0.25) is 0 Å². The molecule has 0 bridgehead atoms. The van der Waals surface area contributed by atoms with Crippen molar-refractivity contribution in [3.8, 4) is 0 Å². The molecule has 10 heteroatoms. The molecule has 0 aromatic carbocycles. The molecule has 2 amide bonds. The summed E-state index contributed by atoms with van der Waals surface area (Å²) in [5, 5.41) is 21.7. The molecule has 0 saturated carbocycles. The summed E-state index contributed by atoms with van der Waals surface area (Å²) in [6.45, 7) is 0.217. The fourth-order valence-corrected chi connectivity index (χ4v) is 1.89. The number of hydrogen-bond acceptors (Lipinski definition) is 5. The summed E-state index contributed by atoms with van der Waals surface area (Å²) in [5.74, 6) is -1.82. The normalized spacial score (nSPS) is 10.3. The third-order valence-corrected chi connectivity index (χ3v) is 2.99. The van der Waals surface area contributed by atoms with E-state index in [0.29, 0.717) is 5.69 Å². The Morgan fingerprint density at radius 2 is 2.04 bits per heavy atom. The van der Waals surface area contributed by atoms with Crippen molar-refractivity contribution in [1.29, 1.82) is 0 Å². The molecular formula is C13H16N6O4. The van der Waals surface area contributed by atoms with Gasteiger partial charge in [-0.3, -0.25) is 19.0 Å². The zero-order valence-corrected chi connectivity index (χ0v) is 12.6. The van der Waals surface area contributed by atoms with Crippen LogP contribution in [0.25, 0.3) is 0 Å². The highest BCUT2D eigenvalue weighted by Gasteiger charge is 2.17. The standard InChI is InChI=1S/C13H16N6O4/c1-14-12(21)11-9(7-18(2)17-11)16-10(20)3-4-19-6-8(5-15-19)13(22)23/h5-7H,3-4H2,1-2H3,(H,14,21)(H,16,20)(H,22,23). The number of nitrogens with one attached hydrogen (secondary N) is 2. The smallest absolute Gasteiger partial charge is 0.338 e. The van der Waals surface area contributed by atoms with Crippen LogP contribution in [-0.4, -0.2) is 49.5 Å². The van der Waals surface area contributed by atoms with Gasteiger partial charge in [-0.15, -0.1) is 0 Å². The van der Waals surface area contributed by atoms with Gasteiger partial charge in [-0.1, -0.05) is 0 Å². The van der Waals surface area contributed by atoms with Gasteiger partial charge < -0.3 is 15.7 Å². The van der Waals surface area contributed by atoms with E-state index in [9.17, 15) is 14.4 Å². The van der Waals surface area contributed by atoms with Gasteiger partial charge in [0.2, 0.25) is 5.91 Å². The average Bonchev–Trinajstić information content (AvgIpc) is 3.11. The van der Waals surface area contributed by atoms with Crippen LogP contribution in [0.15, 0.2) is 18.6 Å². The molecular weight excluding hydrogens is 304 g/mol. The molecule has 0 atom stereocenters. The second kappa shape index (κ2) is 6.73. The first-order valence-corrected chi connectivity index (χ1v) is 6.72. The maximum absolute atomic E-state index is 12.0. The largest absolute Gasteiger partial charge is 0.478 e. The average molecular weight is 320 g/mol. The Bertz CT molecular complexity index is 747. The van der Waals surface area contributed by atoms with Crippen molar-refractivity contribution in [2.75, 3.05) is 12.4 Å². The second-order valence-corrected chi connectivity index (χ2v) is 4.74. The number of rotatable bonds is 6. The van der Waals surface area contributed by atoms with E-state index >= 15 is 0 Å². The number of carboxylic acids is 1. The fraction of sp³-hybridized carbons (Fsp3) is 0.308. The lowest BCUT2D eigenvalue weighted by Crippen LogP contribution is -2.22. The number of aryl methyl sites for hydroxylation is 2. The van der Waals surface area contributed by atoms with Gasteiger partial charge in [-0.2, -0.15) is 10.2 Å². The van der Waals surface area contributed by atoms with Gasteiger partial charge in [0.1, 0.15) is 0 Å². The van der Waals surface area contributed by atoms with Crippen molar-refractivity contribution in [2.24, 2.45) is 7.05 Å². The minimum absolute atomic E-state index is 0.0552. The van der Waals surface area contributed by atoms with Crippen molar-refractivity contribution in [2.45, 2.75) is 13.0 Å². The quantitative estimate of drug-likeness (QED) is 0.670. The minimum Gasteiger partial charge on any atom is -0.478 e. The molecule has 0 spiro atoms. The number of carbonyl (C=O) groups is 3. The van der Waals surface area contributed by atoms with Crippen LogP contribution in [-0.2, 0) is 18.4 Å². The Balaban J connectivity index is 1.97. The predicted octanol–water partition coefficient (Wildman–Crippen LogP) is -0.297. The van der Waals surface area contributed by atoms with Crippen LogP contribution >= 0.6 is 0 Å². The van der Waals surface area contributed by atoms with Crippen LogP contribution < -0.4 is 10.6 Å². The highest BCUT2D eigenvalue weighted by atomic mass is 16.4. The van der Waals surface area contributed by atoms with Crippen molar-refractivity contribution in [3.05, 3.63) is 29.8 Å². The molecule has 0 saturated heterocycles. The number of hydrogen-bond donors (Lipinski definition) is 3. The molecule has 2 rings (SSSR count). The van der Waals surface area contributed by atoms with Gasteiger partial charge in [-0.05, 0) is 0 Å². The zero-order chi connectivity index (χ0) is 17.0. The third kappa shape index (κ3) is 3.93. The van der Waals surface area contributed by atoms with E-state index in [1.54, 1.807) is 7.05 Å². The predicted molar refractivity (Wildman–Crippen MR) is 79.0 cm³/mol. The third-order valence-electron chi connectivity index (χ3n) is 2.99. The Morgan fingerprint density at radius 3 is 2.65 bits per heavy atom. The van der Waals surface area contributed by atoms with Gasteiger partial charge in [-0.25, -0.2) is 4.79 Å². The summed E-state index contributed by atoms with van der Waals surface area (Å²) in [6, 6.07) is 0. The summed E-state index contributed by atoms with van der Waals surface area (Å²) in [7, 11) is 3.11. The van der Waals surface area contributed by atoms with E-state index in [2.05, 4.69) is 20.8 Å². The molecule has 23 heavy (non-hydrogen) atoms. The molecule has 0 aliphatic rings. The number of carboxylic acid groups (broad SMARTS) is 1. The van der Waals surface area contributed by atoms with Crippen LogP contribution in [0.5, 0.6) is 0 Å². The number of carbonyl (C=O) groups excluding carboxylic acids is 2. The molecule has 0 radical (unpaired) electrons. The first-order valence-electron chi connectivity index (χ1n) is 6.72. The molecule has 2 aromatic rings. The zero-order valence-electron chi connectivity index (χ0n) is 12.6. The number of aromatic nitrogens is 4. The summed E-state index contributed by atoms with van der Waals surface area (Å²) >= 11 is 0. The lowest BCUT2D eigenvalue weighted by Gasteiger charge is -2.05. The summed E-state index contributed by atoms with van der Waals surface area (Å²) in [5.41, 5.74) is 0.485. The Kier molecular flexibility index (Phi) is 4.74. The summed E-state index contributed by atoms with van der Waals surface area (Å²) in [4.78, 5) is 34.4. The van der Waals surface area contributed by atoms with Gasteiger partial charge in [0.05, 0.1) is 17.4 Å². The minimum atomic E-state index is -1.08. The Labute approximate surface area is 131 Å². The monoisotopic (exact) mass is 320 g/mol. The maximum atomic E-state index is 12.0. The first kappa shape index (κ1) is 16.2. The lowest BCUT2D eigenvalue weighted by atomic mass is 10.3. The van der Waals surface area contributed by atoms with Gasteiger partial charge >= 0.3 is 5.97 Å². The van der Waals surface area contributed by atoms with E-state index in [1.165, 1.54) is 35.0 Å². The SMILES string of the molecule is CNC(=O)c1nn(C)cc1NC(=O)CCn1cc(C(=O)O)cn1. The highest BCUT2D eigenvalue weighted by molar-refractivity contribution is 6.02. The van der Waals surface area contributed by atoms with Crippen molar-refractivity contribution in [3.63, 3.8) is 0 Å². The van der Waals surface area contributed by atoms with Gasteiger partial charge in [0.25, 0.3) is 5.91 Å². The van der Waals surface area contributed by atoms with Crippen LogP contribution in [0.4, 0.5) is 5.69 Å². The number of amides is 2. The number of aromatic carboxylic acids is 1. The fourth-order valence-electron chi connectivity index (χ4n) is 1.89. The number of nitrogens with zero attached hydrogens (tertiary/aromatic N) is 4. The first-order chi connectivity index (χ1) is 10.9. The van der Waals surface area contributed by atoms with E-state index in [0.717, 1.165) is 0 Å². The molecule has 0 fully saturated rings. The van der Waals surface area contributed by atoms with Crippen molar-refractivity contribution < 1.29 is 19.5 Å². The molecule has 122 valence electrons. The molecule has 2 heterocycles. The Hall–Kier alpha value is -3.17. The number of anilines is 1. The second-order valence-electron chi connectivity index (χ2n) is 4.74. The van der Waals surface area contributed by atoms with E-state index in [4.69, 9.17) is 5.11 Å². The molecule has 3 N–H and O–H groups in total. The topological polar surface area (TPSA) is 131 Å². The van der Waals surface area contributed by atoms with E-state index in [1.807, 2.05) is 0 Å².